The minimum Gasteiger partial charge on any atom is -0.370 e. The van der Waals surface area contributed by atoms with Crippen LogP contribution in [0.4, 0.5) is 11.6 Å². The number of rotatable bonds is 4. The second-order valence-electron chi connectivity index (χ2n) is 4.85. The predicted octanol–water partition coefficient (Wildman–Crippen LogP) is 2.63. The van der Waals surface area contributed by atoms with Crippen molar-refractivity contribution < 1.29 is 0 Å². The van der Waals surface area contributed by atoms with Gasteiger partial charge in [0.05, 0.1) is 0 Å². The summed E-state index contributed by atoms with van der Waals surface area (Å²) in [5.74, 6) is 1.97. The van der Waals surface area contributed by atoms with Crippen LogP contribution in [-0.2, 0) is 0 Å². The van der Waals surface area contributed by atoms with Crippen LogP contribution in [0.1, 0.15) is 27.2 Å². The van der Waals surface area contributed by atoms with E-state index in [0.29, 0.717) is 10.5 Å². The summed E-state index contributed by atoms with van der Waals surface area (Å²) in [6, 6.07) is 2.06. The van der Waals surface area contributed by atoms with E-state index in [4.69, 9.17) is 0 Å². The lowest BCUT2D eigenvalue weighted by Crippen LogP contribution is -2.40. The van der Waals surface area contributed by atoms with E-state index in [1.807, 2.05) is 0 Å². The average Bonchev–Trinajstić information content (AvgIpc) is 2.35. The third-order valence-electron chi connectivity index (χ3n) is 2.95. The van der Waals surface area contributed by atoms with Crippen molar-refractivity contribution in [3.05, 3.63) is 12.4 Å². The van der Waals surface area contributed by atoms with Gasteiger partial charge < -0.3 is 10.2 Å². The lowest BCUT2D eigenvalue weighted by molar-refractivity contribution is 0.717. The van der Waals surface area contributed by atoms with Crippen molar-refractivity contribution in [2.75, 3.05) is 29.9 Å². The molecule has 1 aromatic rings. The van der Waals surface area contributed by atoms with Crippen molar-refractivity contribution in [3.8, 4) is 0 Å². The van der Waals surface area contributed by atoms with Gasteiger partial charge in [-0.1, -0.05) is 20.8 Å². The summed E-state index contributed by atoms with van der Waals surface area (Å²) >= 11 is 2.06. The zero-order chi connectivity index (χ0) is 13.0. The third kappa shape index (κ3) is 3.51. The van der Waals surface area contributed by atoms with Gasteiger partial charge in [0.15, 0.2) is 0 Å². The van der Waals surface area contributed by atoms with Crippen molar-refractivity contribution in [2.24, 2.45) is 0 Å². The summed E-state index contributed by atoms with van der Waals surface area (Å²) < 4.78 is 0. The van der Waals surface area contributed by atoms with Gasteiger partial charge in [0.25, 0.3) is 0 Å². The lowest BCUT2D eigenvalue weighted by atomic mass is 10.3. The minimum absolute atomic E-state index is 0.663. The standard InChI is InChI=1S/C13H22N4S/c1-4-5-14-12-6-13(16-9-15-12)17-7-10(2)18-11(3)8-17/h6,9-11H,4-5,7-8H2,1-3H3,(H,14,15,16). The molecule has 4 nitrogen and oxygen atoms in total. The molecular weight excluding hydrogens is 244 g/mol. The van der Waals surface area contributed by atoms with Gasteiger partial charge in [-0.3, -0.25) is 0 Å². The maximum absolute atomic E-state index is 4.41. The number of hydrogen-bond acceptors (Lipinski definition) is 5. The fraction of sp³-hybridized carbons (Fsp3) is 0.692. The van der Waals surface area contributed by atoms with Crippen molar-refractivity contribution in [1.82, 2.24) is 9.97 Å². The highest BCUT2D eigenvalue weighted by molar-refractivity contribution is 8.00. The Morgan fingerprint density at radius 1 is 1.33 bits per heavy atom. The molecule has 0 radical (unpaired) electrons. The Kier molecular flexibility index (Phi) is 4.69. The van der Waals surface area contributed by atoms with Crippen LogP contribution in [0.3, 0.4) is 0 Å². The Morgan fingerprint density at radius 2 is 2.06 bits per heavy atom. The molecule has 2 unspecified atom stereocenters. The van der Waals surface area contributed by atoms with E-state index in [0.717, 1.165) is 37.7 Å². The molecule has 0 aliphatic carbocycles. The van der Waals surface area contributed by atoms with E-state index in [9.17, 15) is 0 Å². The lowest BCUT2D eigenvalue weighted by Gasteiger charge is -2.35. The average molecular weight is 266 g/mol. The SMILES string of the molecule is CCCNc1cc(N2CC(C)SC(C)C2)ncn1. The highest BCUT2D eigenvalue weighted by Gasteiger charge is 2.23. The van der Waals surface area contributed by atoms with E-state index >= 15 is 0 Å². The Balaban J connectivity index is 2.07. The van der Waals surface area contributed by atoms with E-state index in [2.05, 4.69) is 58.8 Å². The highest BCUT2D eigenvalue weighted by Crippen LogP contribution is 2.27. The number of nitrogens with zero attached hydrogens (tertiary/aromatic N) is 3. The van der Waals surface area contributed by atoms with E-state index in [1.54, 1.807) is 6.33 Å². The van der Waals surface area contributed by atoms with Gasteiger partial charge in [-0.05, 0) is 6.42 Å². The first kappa shape index (κ1) is 13.5. The molecule has 100 valence electrons. The van der Waals surface area contributed by atoms with Gasteiger partial charge in [0.1, 0.15) is 18.0 Å². The van der Waals surface area contributed by atoms with Gasteiger partial charge >= 0.3 is 0 Å². The largest absolute Gasteiger partial charge is 0.370 e. The molecule has 0 saturated carbocycles. The topological polar surface area (TPSA) is 41.0 Å². The zero-order valence-electron chi connectivity index (χ0n) is 11.4. The van der Waals surface area contributed by atoms with E-state index < -0.39 is 0 Å². The summed E-state index contributed by atoms with van der Waals surface area (Å²) in [6.45, 7) is 9.81. The van der Waals surface area contributed by atoms with Gasteiger partial charge in [0.2, 0.25) is 0 Å². The predicted molar refractivity (Wildman–Crippen MR) is 79.5 cm³/mol. The van der Waals surface area contributed by atoms with Crippen LogP contribution >= 0.6 is 11.8 Å². The van der Waals surface area contributed by atoms with Crippen molar-refractivity contribution in [2.45, 2.75) is 37.7 Å². The normalized spacial score (nSPS) is 24.1. The molecule has 1 aliphatic rings. The van der Waals surface area contributed by atoms with Crippen LogP contribution in [0.2, 0.25) is 0 Å². The maximum atomic E-state index is 4.41. The molecule has 5 heteroatoms. The minimum atomic E-state index is 0.663. The summed E-state index contributed by atoms with van der Waals surface area (Å²) in [5.41, 5.74) is 0. The second-order valence-corrected chi connectivity index (χ2v) is 6.73. The van der Waals surface area contributed by atoms with Gasteiger partial charge in [-0.25, -0.2) is 9.97 Å². The first-order valence-corrected chi connectivity index (χ1v) is 7.59. The quantitative estimate of drug-likeness (QED) is 0.907. The molecule has 1 saturated heterocycles. The van der Waals surface area contributed by atoms with Gasteiger partial charge in [-0.2, -0.15) is 11.8 Å². The summed E-state index contributed by atoms with van der Waals surface area (Å²) in [7, 11) is 0. The number of hydrogen-bond donors (Lipinski definition) is 1. The van der Waals surface area contributed by atoms with Gasteiger partial charge in [0, 0.05) is 36.2 Å². The molecule has 1 N–H and O–H groups in total. The van der Waals surface area contributed by atoms with Crippen LogP contribution in [0, 0.1) is 0 Å². The Hall–Kier alpha value is -0.970. The monoisotopic (exact) mass is 266 g/mol. The molecule has 1 aromatic heterocycles. The Labute approximate surface area is 114 Å². The number of anilines is 2. The van der Waals surface area contributed by atoms with Crippen LogP contribution in [0.25, 0.3) is 0 Å². The van der Waals surface area contributed by atoms with Crippen LogP contribution < -0.4 is 10.2 Å². The summed E-state index contributed by atoms with van der Waals surface area (Å²) in [6.07, 6.45) is 2.76. The molecule has 0 amide bonds. The second kappa shape index (κ2) is 6.27. The molecule has 0 bridgehead atoms. The molecule has 1 aliphatic heterocycles. The maximum Gasteiger partial charge on any atom is 0.134 e. The molecule has 2 rings (SSSR count). The van der Waals surface area contributed by atoms with Crippen molar-refractivity contribution in [3.63, 3.8) is 0 Å². The fourth-order valence-electron chi connectivity index (χ4n) is 2.23. The van der Waals surface area contributed by atoms with Crippen molar-refractivity contribution >= 4 is 23.4 Å². The molecule has 2 heterocycles. The molecule has 2 atom stereocenters. The molecule has 0 spiro atoms. The number of nitrogens with one attached hydrogen (secondary N) is 1. The Bertz CT molecular complexity index is 375. The van der Waals surface area contributed by atoms with Crippen LogP contribution in [-0.4, -0.2) is 40.1 Å². The molecule has 1 fully saturated rings. The molecule has 18 heavy (non-hydrogen) atoms. The summed E-state index contributed by atoms with van der Waals surface area (Å²) in [4.78, 5) is 11.0. The van der Waals surface area contributed by atoms with E-state index in [1.165, 1.54) is 0 Å². The zero-order valence-corrected chi connectivity index (χ0v) is 12.2. The third-order valence-corrected chi connectivity index (χ3v) is 4.18. The van der Waals surface area contributed by atoms with Crippen LogP contribution in [0.5, 0.6) is 0 Å². The fourth-order valence-corrected chi connectivity index (χ4v) is 3.56. The number of thioether (sulfide) groups is 1. The molecular formula is C13H22N4S. The van der Waals surface area contributed by atoms with Gasteiger partial charge in [-0.15, -0.1) is 0 Å². The van der Waals surface area contributed by atoms with Crippen molar-refractivity contribution in [1.29, 1.82) is 0 Å². The highest BCUT2D eigenvalue weighted by atomic mass is 32.2. The molecule has 0 aromatic carbocycles. The smallest absolute Gasteiger partial charge is 0.134 e. The van der Waals surface area contributed by atoms with Crippen LogP contribution in [0.15, 0.2) is 12.4 Å². The van der Waals surface area contributed by atoms with E-state index in [-0.39, 0.29) is 0 Å². The first-order chi connectivity index (χ1) is 8.69. The first-order valence-electron chi connectivity index (χ1n) is 6.65. The number of aromatic nitrogens is 2. The summed E-state index contributed by atoms with van der Waals surface area (Å²) in [5, 5.41) is 4.64. The Morgan fingerprint density at radius 3 is 2.72 bits per heavy atom.